The van der Waals surface area contributed by atoms with Gasteiger partial charge in [0.2, 0.25) is 0 Å². The van der Waals surface area contributed by atoms with Crippen LogP contribution in [0.5, 0.6) is 0 Å². The normalized spacial score (nSPS) is 11.9. The zero-order valence-corrected chi connectivity index (χ0v) is 14.6. The molecule has 114 valence electrons. The number of halogens is 1. The highest BCUT2D eigenvalue weighted by Gasteiger charge is 2.12. The van der Waals surface area contributed by atoms with E-state index in [9.17, 15) is 0 Å². The van der Waals surface area contributed by atoms with E-state index in [1.807, 2.05) is 30.7 Å². The molecular weight excluding hydrogens is 304 g/mol. The lowest BCUT2D eigenvalue weighted by Crippen LogP contribution is -2.35. The first-order valence-corrected chi connectivity index (χ1v) is 8.03. The van der Waals surface area contributed by atoms with Crippen LogP contribution in [0.4, 0.5) is 0 Å². The highest BCUT2D eigenvalue weighted by atomic mass is 35.5. The van der Waals surface area contributed by atoms with Crippen LogP contribution in [0.2, 0.25) is 5.02 Å². The van der Waals surface area contributed by atoms with Crippen molar-refractivity contribution in [2.75, 3.05) is 0 Å². The van der Waals surface area contributed by atoms with Crippen molar-refractivity contribution in [2.45, 2.75) is 49.8 Å². The van der Waals surface area contributed by atoms with Gasteiger partial charge in [-0.05, 0) is 57.2 Å². The van der Waals surface area contributed by atoms with Gasteiger partial charge in [0, 0.05) is 24.0 Å². The molecule has 0 radical (unpaired) electrons. The van der Waals surface area contributed by atoms with Crippen molar-refractivity contribution >= 4 is 23.4 Å². The summed E-state index contributed by atoms with van der Waals surface area (Å²) in [4.78, 5) is 0.992. The molecule has 0 atom stereocenters. The van der Waals surface area contributed by atoms with E-state index in [2.05, 4.69) is 42.4 Å². The van der Waals surface area contributed by atoms with E-state index in [1.54, 1.807) is 0 Å². The van der Waals surface area contributed by atoms with Crippen molar-refractivity contribution < 1.29 is 0 Å². The molecule has 1 aromatic heterocycles. The highest BCUT2D eigenvalue weighted by molar-refractivity contribution is 7.99. The van der Waals surface area contributed by atoms with Crippen LogP contribution < -0.4 is 5.32 Å². The molecule has 0 unspecified atom stereocenters. The number of nitrogens with one attached hydrogen (secondary N) is 1. The summed E-state index contributed by atoms with van der Waals surface area (Å²) in [7, 11) is 1.95. The van der Waals surface area contributed by atoms with Crippen molar-refractivity contribution in [1.29, 1.82) is 0 Å². The van der Waals surface area contributed by atoms with E-state index in [4.69, 9.17) is 11.6 Å². The molecule has 0 fully saturated rings. The first kappa shape index (κ1) is 16.3. The van der Waals surface area contributed by atoms with Crippen molar-refractivity contribution in [3.63, 3.8) is 0 Å². The molecule has 4 nitrogen and oxygen atoms in total. The molecule has 2 aromatic rings. The minimum absolute atomic E-state index is 0.0933. The smallest absolute Gasteiger partial charge is 0.195 e. The lowest BCUT2D eigenvalue weighted by molar-refractivity contribution is 0.424. The van der Waals surface area contributed by atoms with E-state index in [0.717, 1.165) is 27.4 Å². The van der Waals surface area contributed by atoms with Gasteiger partial charge >= 0.3 is 0 Å². The molecule has 1 aromatic carbocycles. The maximum absolute atomic E-state index is 6.38. The minimum Gasteiger partial charge on any atom is -0.309 e. The fraction of sp³-hybridized carbons (Fsp3) is 0.467. The fourth-order valence-corrected chi connectivity index (χ4v) is 2.84. The second-order valence-corrected chi connectivity index (χ2v) is 7.48. The highest BCUT2D eigenvalue weighted by Crippen LogP contribution is 2.32. The summed E-state index contributed by atoms with van der Waals surface area (Å²) in [5.41, 5.74) is 1.27. The molecular formula is C15H21ClN4S. The Morgan fingerprint density at radius 1 is 1.29 bits per heavy atom. The van der Waals surface area contributed by atoms with Crippen LogP contribution in [0, 0.1) is 6.92 Å². The number of rotatable bonds is 4. The molecule has 0 aliphatic rings. The number of aromatic nitrogens is 3. The van der Waals surface area contributed by atoms with Gasteiger partial charge in [-0.3, -0.25) is 0 Å². The van der Waals surface area contributed by atoms with Crippen molar-refractivity contribution in [1.82, 2.24) is 20.1 Å². The van der Waals surface area contributed by atoms with Gasteiger partial charge < -0.3 is 9.88 Å². The Bertz CT molecular complexity index is 631. The number of nitrogens with zero attached hydrogens (tertiary/aromatic N) is 3. The third-order valence-electron chi connectivity index (χ3n) is 3.07. The lowest BCUT2D eigenvalue weighted by atomic mass is 10.1. The molecule has 0 amide bonds. The molecule has 21 heavy (non-hydrogen) atoms. The molecule has 1 heterocycles. The number of benzene rings is 1. The molecule has 1 N–H and O–H groups in total. The maximum atomic E-state index is 6.38. The first-order chi connectivity index (χ1) is 9.76. The molecule has 0 aliphatic heterocycles. The summed E-state index contributed by atoms with van der Waals surface area (Å²) in [5, 5.41) is 13.2. The van der Waals surface area contributed by atoms with Gasteiger partial charge in [0.1, 0.15) is 5.82 Å². The molecule has 0 bridgehead atoms. The predicted molar refractivity (Wildman–Crippen MR) is 87.9 cm³/mol. The van der Waals surface area contributed by atoms with Crippen LogP contribution in [0.1, 0.15) is 32.2 Å². The molecule has 6 heteroatoms. The van der Waals surface area contributed by atoms with E-state index >= 15 is 0 Å². The Kier molecular flexibility index (Phi) is 4.96. The van der Waals surface area contributed by atoms with E-state index in [1.165, 1.54) is 17.3 Å². The van der Waals surface area contributed by atoms with Gasteiger partial charge in [0.15, 0.2) is 5.16 Å². The van der Waals surface area contributed by atoms with Gasteiger partial charge in [0.05, 0.1) is 5.02 Å². The van der Waals surface area contributed by atoms with Gasteiger partial charge in [-0.25, -0.2) is 0 Å². The van der Waals surface area contributed by atoms with Crippen LogP contribution >= 0.6 is 23.4 Å². The third kappa shape index (κ3) is 4.46. The molecule has 0 aliphatic carbocycles. The fourth-order valence-electron chi connectivity index (χ4n) is 1.68. The number of aryl methyl sites for hydroxylation is 1. The molecule has 0 spiro atoms. The Balaban J connectivity index is 2.11. The number of hydrogen-bond donors (Lipinski definition) is 1. The SMILES string of the molecule is Cc1nnc(Sc2ccc(CNC(C)(C)C)cc2Cl)n1C. The van der Waals surface area contributed by atoms with Crippen molar-refractivity contribution in [3.05, 3.63) is 34.6 Å². The zero-order chi connectivity index (χ0) is 15.6. The van der Waals surface area contributed by atoms with Crippen molar-refractivity contribution in [2.24, 2.45) is 7.05 Å². The van der Waals surface area contributed by atoms with E-state index in [0.29, 0.717) is 0 Å². The Hall–Kier alpha value is -1.04. The Labute approximate surface area is 135 Å². The largest absolute Gasteiger partial charge is 0.309 e. The summed E-state index contributed by atoms with van der Waals surface area (Å²) in [6.45, 7) is 9.18. The maximum Gasteiger partial charge on any atom is 0.195 e. The van der Waals surface area contributed by atoms with Crippen LogP contribution in [0.3, 0.4) is 0 Å². The minimum atomic E-state index is 0.0933. The summed E-state index contributed by atoms with van der Waals surface area (Å²) >= 11 is 7.91. The van der Waals surface area contributed by atoms with Crippen molar-refractivity contribution in [3.8, 4) is 0 Å². The Morgan fingerprint density at radius 2 is 2.00 bits per heavy atom. The van der Waals surface area contributed by atoms with Gasteiger partial charge in [0.25, 0.3) is 0 Å². The second-order valence-electron chi connectivity index (χ2n) is 6.06. The zero-order valence-electron chi connectivity index (χ0n) is 13.1. The third-order valence-corrected chi connectivity index (χ3v) is 4.61. The second kappa shape index (κ2) is 6.38. The quantitative estimate of drug-likeness (QED) is 0.928. The van der Waals surface area contributed by atoms with Gasteiger partial charge in [-0.1, -0.05) is 17.7 Å². The van der Waals surface area contributed by atoms with Crippen LogP contribution in [0.15, 0.2) is 28.3 Å². The lowest BCUT2D eigenvalue weighted by Gasteiger charge is -2.20. The average Bonchev–Trinajstić information content (AvgIpc) is 2.70. The van der Waals surface area contributed by atoms with Crippen LogP contribution in [-0.2, 0) is 13.6 Å². The van der Waals surface area contributed by atoms with E-state index in [-0.39, 0.29) is 5.54 Å². The molecule has 0 saturated carbocycles. The topological polar surface area (TPSA) is 42.7 Å². The number of hydrogen-bond acceptors (Lipinski definition) is 4. The summed E-state index contributed by atoms with van der Waals surface area (Å²) in [6.07, 6.45) is 0. The summed E-state index contributed by atoms with van der Waals surface area (Å²) < 4.78 is 1.95. The van der Waals surface area contributed by atoms with Gasteiger partial charge in [-0.2, -0.15) is 0 Å². The molecule has 0 saturated heterocycles. The van der Waals surface area contributed by atoms with Crippen LogP contribution in [0.25, 0.3) is 0 Å². The summed E-state index contributed by atoms with van der Waals surface area (Å²) in [5.74, 6) is 0.889. The predicted octanol–water partition coefficient (Wildman–Crippen LogP) is 3.82. The first-order valence-electron chi connectivity index (χ1n) is 6.83. The monoisotopic (exact) mass is 324 g/mol. The Morgan fingerprint density at radius 3 is 2.52 bits per heavy atom. The van der Waals surface area contributed by atoms with E-state index < -0.39 is 0 Å². The average molecular weight is 325 g/mol. The van der Waals surface area contributed by atoms with Crippen LogP contribution in [-0.4, -0.2) is 20.3 Å². The summed E-state index contributed by atoms with van der Waals surface area (Å²) in [6, 6.07) is 6.14. The van der Waals surface area contributed by atoms with Gasteiger partial charge in [-0.15, -0.1) is 10.2 Å². The molecule has 2 rings (SSSR count). The standard InChI is InChI=1S/C15H21ClN4S/c1-10-18-19-14(20(10)5)21-13-7-6-11(8-12(13)16)9-17-15(2,3)4/h6-8,17H,9H2,1-5H3.